The van der Waals surface area contributed by atoms with Gasteiger partial charge in [0.2, 0.25) is 0 Å². The Kier molecular flexibility index (Phi) is 4.76. The number of aromatic hydroxyl groups is 1. The topological polar surface area (TPSA) is 45.6 Å². The van der Waals surface area contributed by atoms with Crippen molar-refractivity contribution in [2.75, 3.05) is 19.6 Å². The Hall–Kier alpha value is -2.21. The predicted molar refractivity (Wildman–Crippen MR) is 93.0 cm³/mol. The molecule has 2 heterocycles. The van der Waals surface area contributed by atoms with Crippen molar-refractivity contribution in [3.63, 3.8) is 0 Å². The van der Waals surface area contributed by atoms with E-state index in [1.165, 1.54) is 18.3 Å². The van der Waals surface area contributed by atoms with Gasteiger partial charge in [-0.25, -0.2) is 8.78 Å². The second-order valence-corrected chi connectivity index (χ2v) is 7.35. The average Bonchev–Trinajstić information content (AvgIpc) is 3.11. The number of aromatic nitrogens is 1. The molecule has 138 valence electrons. The van der Waals surface area contributed by atoms with Crippen LogP contribution in [-0.4, -0.2) is 40.7 Å². The minimum atomic E-state index is -0.604. The first-order valence-corrected chi connectivity index (χ1v) is 9.04. The van der Waals surface area contributed by atoms with Crippen LogP contribution in [0.2, 0.25) is 0 Å². The highest BCUT2D eigenvalue weighted by Crippen LogP contribution is 2.39. The van der Waals surface area contributed by atoms with Gasteiger partial charge in [-0.15, -0.1) is 0 Å². The fraction of sp³-hybridized carbons (Fsp3) is 0.450. The molecule has 1 saturated heterocycles. The minimum Gasteiger partial charge on any atom is -0.506 e. The highest BCUT2D eigenvalue weighted by atomic mass is 19.1. The summed E-state index contributed by atoms with van der Waals surface area (Å²) in [5.41, 5.74) is 0.981. The van der Waals surface area contributed by atoms with E-state index in [0.29, 0.717) is 11.8 Å². The molecule has 4 rings (SSSR count). The van der Waals surface area contributed by atoms with E-state index in [-0.39, 0.29) is 17.6 Å². The molecule has 4 nitrogen and oxygen atoms in total. The fourth-order valence-corrected chi connectivity index (χ4v) is 4.25. The lowest BCUT2D eigenvalue weighted by atomic mass is 10.0. The summed E-state index contributed by atoms with van der Waals surface area (Å²) in [6, 6.07) is 6.87. The van der Waals surface area contributed by atoms with Crippen LogP contribution in [0.5, 0.6) is 11.5 Å². The molecule has 2 aromatic rings. The second kappa shape index (κ2) is 7.19. The van der Waals surface area contributed by atoms with Gasteiger partial charge in [-0.05, 0) is 36.8 Å². The first kappa shape index (κ1) is 17.2. The molecule has 3 atom stereocenters. The van der Waals surface area contributed by atoms with Gasteiger partial charge >= 0.3 is 0 Å². The first-order valence-electron chi connectivity index (χ1n) is 9.04. The molecule has 1 aromatic carbocycles. The molecule has 26 heavy (non-hydrogen) atoms. The Labute approximate surface area is 151 Å². The van der Waals surface area contributed by atoms with Crippen LogP contribution in [0.4, 0.5) is 8.78 Å². The van der Waals surface area contributed by atoms with Gasteiger partial charge in [-0.3, -0.25) is 4.98 Å². The third-order valence-corrected chi connectivity index (χ3v) is 5.42. The monoisotopic (exact) mass is 360 g/mol. The van der Waals surface area contributed by atoms with Crippen LogP contribution in [0.15, 0.2) is 36.5 Å². The number of hydrogen-bond donors (Lipinski definition) is 1. The van der Waals surface area contributed by atoms with Gasteiger partial charge in [0.05, 0.1) is 12.3 Å². The fourth-order valence-electron chi connectivity index (χ4n) is 4.25. The molecule has 0 bridgehead atoms. The van der Waals surface area contributed by atoms with E-state index in [0.717, 1.165) is 50.7 Å². The van der Waals surface area contributed by atoms with Gasteiger partial charge in [0, 0.05) is 49.9 Å². The van der Waals surface area contributed by atoms with Crippen molar-refractivity contribution in [2.24, 2.45) is 11.8 Å². The Balaban J connectivity index is 1.26. The summed E-state index contributed by atoms with van der Waals surface area (Å²) in [6.07, 6.45) is 4.23. The lowest BCUT2D eigenvalue weighted by molar-refractivity contribution is 0.184. The van der Waals surface area contributed by atoms with Crippen LogP contribution >= 0.6 is 0 Å². The van der Waals surface area contributed by atoms with Crippen molar-refractivity contribution < 1.29 is 18.6 Å². The van der Waals surface area contributed by atoms with Gasteiger partial charge in [-0.2, -0.15) is 0 Å². The zero-order valence-electron chi connectivity index (χ0n) is 14.4. The molecule has 0 spiro atoms. The molecule has 0 radical (unpaired) electrons. The van der Waals surface area contributed by atoms with Gasteiger partial charge in [0.15, 0.2) is 0 Å². The highest BCUT2D eigenvalue weighted by molar-refractivity contribution is 5.24. The third-order valence-electron chi connectivity index (χ3n) is 5.42. The largest absolute Gasteiger partial charge is 0.506 e. The molecule has 1 aliphatic heterocycles. The van der Waals surface area contributed by atoms with Gasteiger partial charge in [0.25, 0.3) is 0 Å². The SMILES string of the molecule is Oc1ccc(CCN2C[C@H]3CC(Oc4cc(F)cc(F)c4)C[C@H]3C2)nc1. The zero-order chi connectivity index (χ0) is 18.1. The predicted octanol–water partition coefficient (Wildman–Crippen LogP) is 3.40. The molecule has 2 aliphatic rings. The molecule has 1 aromatic heterocycles. The van der Waals surface area contributed by atoms with Gasteiger partial charge in [0.1, 0.15) is 23.1 Å². The maximum atomic E-state index is 13.3. The summed E-state index contributed by atoms with van der Waals surface area (Å²) in [5.74, 6) is 0.410. The Morgan fingerprint density at radius 3 is 2.38 bits per heavy atom. The van der Waals surface area contributed by atoms with E-state index in [9.17, 15) is 13.9 Å². The van der Waals surface area contributed by atoms with E-state index in [1.54, 1.807) is 6.07 Å². The van der Waals surface area contributed by atoms with Crippen molar-refractivity contribution >= 4 is 0 Å². The van der Waals surface area contributed by atoms with Crippen LogP contribution in [0.3, 0.4) is 0 Å². The molecule has 1 N–H and O–H groups in total. The van der Waals surface area contributed by atoms with E-state index >= 15 is 0 Å². The van der Waals surface area contributed by atoms with Gasteiger partial charge in [-0.1, -0.05) is 0 Å². The number of pyridine rings is 1. The molecule has 1 unspecified atom stereocenters. The average molecular weight is 360 g/mol. The highest BCUT2D eigenvalue weighted by Gasteiger charge is 2.41. The molecular formula is C20H22F2N2O2. The molecular weight excluding hydrogens is 338 g/mol. The van der Waals surface area contributed by atoms with E-state index in [4.69, 9.17) is 4.74 Å². The molecule has 1 saturated carbocycles. The normalized spacial score (nSPS) is 25.4. The summed E-state index contributed by atoms with van der Waals surface area (Å²) in [5, 5.41) is 9.28. The van der Waals surface area contributed by atoms with Crippen LogP contribution < -0.4 is 4.74 Å². The van der Waals surface area contributed by atoms with Crippen molar-refractivity contribution in [3.8, 4) is 11.5 Å². The first-order chi connectivity index (χ1) is 12.5. The molecule has 1 aliphatic carbocycles. The van der Waals surface area contributed by atoms with Crippen LogP contribution in [0, 0.1) is 23.5 Å². The van der Waals surface area contributed by atoms with Crippen LogP contribution in [0.25, 0.3) is 0 Å². The van der Waals surface area contributed by atoms with Gasteiger partial charge < -0.3 is 14.7 Å². The van der Waals surface area contributed by atoms with E-state index in [2.05, 4.69) is 9.88 Å². The van der Waals surface area contributed by atoms with Crippen LogP contribution in [0.1, 0.15) is 18.5 Å². The zero-order valence-corrected chi connectivity index (χ0v) is 14.4. The Morgan fingerprint density at radius 1 is 1.08 bits per heavy atom. The summed E-state index contributed by atoms with van der Waals surface area (Å²) in [7, 11) is 0. The maximum Gasteiger partial charge on any atom is 0.133 e. The minimum absolute atomic E-state index is 0.0344. The van der Waals surface area contributed by atoms with Crippen molar-refractivity contribution in [1.29, 1.82) is 0 Å². The number of likely N-dealkylation sites (tertiary alicyclic amines) is 1. The quantitative estimate of drug-likeness (QED) is 0.888. The second-order valence-electron chi connectivity index (χ2n) is 7.35. The van der Waals surface area contributed by atoms with Crippen molar-refractivity contribution in [3.05, 3.63) is 53.9 Å². The van der Waals surface area contributed by atoms with E-state index < -0.39 is 11.6 Å². The summed E-state index contributed by atoms with van der Waals surface area (Å²) in [4.78, 5) is 6.67. The maximum absolute atomic E-state index is 13.3. The summed E-state index contributed by atoms with van der Waals surface area (Å²) >= 11 is 0. The molecule has 6 heteroatoms. The number of nitrogens with zero attached hydrogens (tertiary/aromatic N) is 2. The number of fused-ring (bicyclic) bond motifs is 1. The molecule has 0 amide bonds. The standard InChI is InChI=1S/C20H22F2N2O2/c21-15-7-16(22)9-20(8-15)26-19-5-13-11-24(12-14(13)6-19)4-3-17-1-2-18(25)10-23-17/h1-2,7-10,13-14,19,25H,3-6,11-12H2/t13-,14+,19?. The number of ether oxygens (including phenoxy) is 1. The summed E-state index contributed by atoms with van der Waals surface area (Å²) in [6.45, 7) is 3.01. The van der Waals surface area contributed by atoms with E-state index in [1.807, 2.05) is 6.07 Å². The third kappa shape index (κ3) is 3.96. The van der Waals surface area contributed by atoms with Crippen molar-refractivity contribution in [2.45, 2.75) is 25.4 Å². The number of rotatable bonds is 5. The smallest absolute Gasteiger partial charge is 0.133 e. The summed E-state index contributed by atoms with van der Waals surface area (Å²) < 4.78 is 32.4. The number of benzene rings is 1. The lowest BCUT2D eigenvalue weighted by Gasteiger charge is -2.19. The molecule has 2 fully saturated rings. The Morgan fingerprint density at radius 2 is 1.77 bits per heavy atom. The van der Waals surface area contributed by atoms with Crippen molar-refractivity contribution in [1.82, 2.24) is 9.88 Å². The lowest BCUT2D eigenvalue weighted by Crippen LogP contribution is -2.26. The number of halogens is 2. The van der Waals surface area contributed by atoms with Crippen LogP contribution in [-0.2, 0) is 6.42 Å². The number of hydrogen-bond acceptors (Lipinski definition) is 4. The Bertz CT molecular complexity index is 735.